The molecule has 1 heterocycles. The summed E-state index contributed by atoms with van der Waals surface area (Å²) in [6.45, 7) is 5.58. The predicted molar refractivity (Wildman–Crippen MR) is 118 cm³/mol. The van der Waals surface area contributed by atoms with Crippen LogP contribution in [0.3, 0.4) is 0 Å². The van der Waals surface area contributed by atoms with E-state index in [9.17, 15) is 22.8 Å². The molecule has 1 aromatic heterocycles. The maximum atomic E-state index is 12.8. The van der Waals surface area contributed by atoms with Gasteiger partial charge in [0.25, 0.3) is 0 Å². The summed E-state index contributed by atoms with van der Waals surface area (Å²) < 4.78 is 40.4. The van der Waals surface area contributed by atoms with Gasteiger partial charge in [-0.25, -0.2) is 10.2 Å². The highest BCUT2D eigenvalue weighted by molar-refractivity contribution is 5.88. The number of hydrazone groups is 1. The minimum Gasteiger partial charge on any atom is -0.478 e. The summed E-state index contributed by atoms with van der Waals surface area (Å²) in [7, 11) is 0. The van der Waals surface area contributed by atoms with Crippen LogP contribution >= 0.6 is 0 Å². The SMILES string of the molecule is Cc1cc(C(=O)O)ccc1-n1c(C)cc(C=NNC(=O)Cc2cccc(C(F)(F)F)c2)c1C. The van der Waals surface area contributed by atoms with Crippen molar-refractivity contribution in [1.29, 1.82) is 0 Å². The number of aromatic carboxylic acids is 1. The molecule has 2 N–H and O–H groups in total. The zero-order valence-corrected chi connectivity index (χ0v) is 18.2. The fraction of sp³-hybridized carbons (Fsp3) is 0.208. The smallest absolute Gasteiger partial charge is 0.416 e. The first-order valence-corrected chi connectivity index (χ1v) is 9.98. The number of carboxylic acid groups (broad SMARTS) is 1. The first-order valence-electron chi connectivity index (χ1n) is 9.98. The van der Waals surface area contributed by atoms with E-state index in [1.807, 2.05) is 31.4 Å². The molecule has 0 atom stereocenters. The number of carbonyl (C=O) groups is 2. The van der Waals surface area contributed by atoms with E-state index in [-0.39, 0.29) is 17.5 Å². The molecular weight excluding hydrogens is 435 g/mol. The Bertz CT molecular complexity index is 1240. The Morgan fingerprint density at radius 3 is 2.45 bits per heavy atom. The van der Waals surface area contributed by atoms with Crippen molar-refractivity contribution >= 4 is 18.1 Å². The number of carboxylic acids is 1. The summed E-state index contributed by atoms with van der Waals surface area (Å²) in [5.74, 6) is -1.54. The molecule has 6 nitrogen and oxygen atoms in total. The second-order valence-corrected chi connectivity index (χ2v) is 7.64. The number of rotatable bonds is 6. The lowest BCUT2D eigenvalue weighted by atomic mass is 10.1. The van der Waals surface area contributed by atoms with E-state index < -0.39 is 23.6 Å². The van der Waals surface area contributed by atoms with E-state index in [4.69, 9.17) is 5.11 Å². The number of hydrogen-bond acceptors (Lipinski definition) is 3. The van der Waals surface area contributed by atoms with E-state index in [1.54, 1.807) is 12.1 Å². The van der Waals surface area contributed by atoms with E-state index in [0.717, 1.165) is 40.3 Å². The molecule has 0 aliphatic rings. The standard InChI is InChI=1S/C24H22F3N3O3/c1-14-9-18(23(32)33)7-8-21(14)30-15(2)10-19(16(30)3)13-28-29-22(31)12-17-5-4-6-20(11-17)24(25,26)27/h4-11,13H,12H2,1-3H3,(H,29,31)(H,32,33). The number of aryl methyl sites for hydroxylation is 2. The third-order valence-corrected chi connectivity index (χ3v) is 5.17. The van der Waals surface area contributed by atoms with Gasteiger partial charge in [0.1, 0.15) is 0 Å². The Kier molecular flexibility index (Phi) is 6.71. The average molecular weight is 457 g/mol. The molecule has 0 radical (unpaired) electrons. The lowest BCUT2D eigenvalue weighted by Gasteiger charge is -2.13. The van der Waals surface area contributed by atoms with Crippen molar-refractivity contribution in [2.45, 2.75) is 33.4 Å². The van der Waals surface area contributed by atoms with Gasteiger partial charge < -0.3 is 9.67 Å². The lowest BCUT2D eigenvalue weighted by Crippen LogP contribution is -2.20. The van der Waals surface area contributed by atoms with Gasteiger partial charge >= 0.3 is 12.1 Å². The van der Waals surface area contributed by atoms with Crippen LogP contribution in [0.25, 0.3) is 5.69 Å². The molecule has 0 saturated carbocycles. The normalized spacial score (nSPS) is 11.7. The number of halogens is 3. The highest BCUT2D eigenvalue weighted by Crippen LogP contribution is 2.29. The maximum absolute atomic E-state index is 12.8. The molecule has 0 unspecified atom stereocenters. The fourth-order valence-corrected chi connectivity index (χ4v) is 3.58. The quantitative estimate of drug-likeness (QED) is 0.412. The van der Waals surface area contributed by atoms with Gasteiger partial charge in [0.05, 0.1) is 23.8 Å². The predicted octanol–water partition coefficient (Wildman–Crippen LogP) is 4.81. The van der Waals surface area contributed by atoms with Gasteiger partial charge in [0.2, 0.25) is 5.91 Å². The van der Waals surface area contributed by atoms with Crippen LogP contribution in [0.2, 0.25) is 0 Å². The third-order valence-electron chi connectivity index (χ3n) is 5.17. The van der Waals surface area contributed by atoms with Crippen molar-refractivity contribution in [3.8, 4) is 5.69 Å². The highest BCUT2D eigenvalue weighted by atomic mass is 19.4. The van der Waals surface area contributed by atoms with Gasteiger partial charge in [-0.3, -0.25) is 4.79 Å². The Morgan fingerprint density at radius 2 is 1.82 bits per heavy atom. The summed E-state index contributed by atoms with van der Waals surface area (Å²) in [6.07, 6.45) is -3.25. The molecule has 33 heavy (non-hydrogen) atoms. The first-order chi connectivity index (χ1) is 15.5. The Hall–Kier alpha value is -3.88. The molecule has 3 aromatic rings. The van der Waals surface area contributed by atoms with Gasteiger partial charge in [-0.2, -0.15) is 18.3 Å². The van der Waals surface area contributed by atoms with Crippen LogP contribution in [0.1, 0.15) is 44.0 Å². The topological polar surface area (TPSA) is 83.7 Å². The van der Waals surface area contributed by atoms with Crippen LogP contribution in [-0.2, 0) is 17.4 Å². The van der Waals surface area contributed by atoms with Crippen molar-refractivity contribution in [2.75, 3.05) is 0 Å². The number of nitrogens with zero attached hydrogens (tertiary/aromatic N) is 2. The minimum atomic E-state index is -4.47. The Morgan fingerprint density at radius 1 is 1.09 bits per heavy atom. The largest absolute Gasteiger partial charge is 0.478 e. The molecule has 9 heteroatoms. The lowest BCUT2D eigenvalue weighted by molar-refractivity contribution is -0.137. The second kappa shape index (κ2) is 9.32. The Balaban J connectivity index is 1.73. The van der Waals surface area contributed by atoms with E-state index in [2.05, 4.69) is 10.5 Å². The van der Waals surface area contributed by atoms with Crippen LogP contribution < -0.4 is 5.43 Å². The van der Waals surface area contributed by atoms with Crippen molar-refractivity contribution < 1.29 is 27.9 Å². The van der Waals surface area contributed by atoms with Crippen LogP contribution in [0.15, 0.2) is 53.6 Å². The average Bonchev–Trinajstić information content (AvgIpc) is 3.00. The summed E-state index contributed by atoms with van der Waals surface area (Å²) in [4.78, 5) is 23.3. The monoisotopic (exact) mass is 457 g/mol. The van der Waals surface area contributed by atoms with E-state index >= 15 is 0 Å². The van der Waals surface area contributed by atoms with Crippen LogP contribution in [0, 0.1) is 20.8 Å². The molecule has 172 valence electrons. The van der Waals surface area contributed by atoms with Gasteiger partial charge in [-0.1, -0.05) is 18.2 Å². The molecule has 0 fully saturated rings. The molecular formula is C24H22F3N3O3. The molecule has 3 rings (SSSR count). The third kappa shape index (κ3) is 5.49. The van der Waals surface area contributed by atoms with Crippen molar-refractivity contribution in [1.82, 2.24) is 9.99 Å². The van der Waals surface area contributed by atoms with Crippen LogP contribution in [0.5, 0.6) is 0 Å². The van der Waals surface area contributed by atoms with E-state index in [1.165, 1.54) is 24.4 Å². The van der Waals surface area contributed by atoms with E-state index in [0.29, 0.717) is 0 Å². The summed E-state index contributed by atoms with van der Waals surface area (Å²) in [6, 6.07) is 11.3. The molecule has 0 aliphatic carbocycles. The van der Waals surface area contributed by atoms with Gasteiger partial charge in [0, 0.05) is 22.6 Å². The number of benzene rings is 2. The highest BCUT2D eigenvalue weighted by Gasteiger charge is 2.30. The van der Waals surface area contributed by atoms with Crippen LogP contribution in [0.4, 0.5) is 13.2 Å². The molecule has 2 aromatic carbocycles. The van der Waals surface area contributed by atoms with Gasteiger partial charge in [0.15, 0.2) is 0 Å². The number of aromatic nitrogens is 1. The first kappa shape index (κ1) is 23.8. The molecule has 0 bridgehead atoms. The number of amides is 1. The molecule has 0 spiro atoms. The molecule has 0 saturated heterocycles. The summed E-state index contributed by atoms with van der Waals surface area (Å²) in [5.41, 5.74) is 6.01. The van der Waals surface area contributed by atoms with Crippen LogP contribution in [-0.4, -0.2) is 27.8 Å². The number of hydrogen-bond donors (Lipinski definition) is 2. The second-order valence-electron chi connectivity index (χ2n) is 7.64. The van der Waals surface area contributed by atoms with Crippen molar-refractivity contribution in [3.63, 3.8) is 0 Å². The summed E-state index contributed by atoms with van der Waals surface area (Å²) in [5, 5.41) is 13.1. The summed E-state index contributed by atoms with van der Waals surface area (Å²) >= 11 is 0. The Labute approximate surface area is 188 Å². The fourth-order valence-electron chi connectivity index (χ4n) is 3.58. The minimum absolute atomic E-state index is 0.198. The maximum Gasteiger partial charge on any atom is 0.416 e. The number of carbonyl (C=O) groups excluding carboxylic acids is 1. The molecule has 1 amide bonds. The van der Waals surface area contributed by atoms with Gasteiger partial charge in [-0.15, -0.1) is 0 Å². The number of alkyl halides is 3. The van der Waals surface area contributed by atoms with Crippen molar-refractivity contribution in [3.05, 3.63) is 87.7 Å². The van der Waals surface area contributed by atoms with Gasteiger partial charge in [-0.05, 0) is 62.2 Å². The number of nitrogens with one attached hydrogen (secondary N) is 1. The van der Waals surface area contributed by atoms with Crippen molar-refractivity contribution in [2.24, 2.45) is 5.10 Å². The zero-order chi connectivity index (χ0) is 24.3. The molecule has 0 aliphatic heterocycles. The zero-order valence-electron chi connectivity index (χ0n) is 18.2.